The van der Waals surface area contributed by atoms with E-state index in [4.69, 9.17) is 5.73 Å². The zero-order valence-electron chi connectivity index (χ0n) is 11.1. The van der Waals surface area contributed by atoms with Gasteiger partial charge in [0.15, 0.2) is 0 Å². The van der Waals surface area contributed by atoms with Gasteiger partial charge in [0.25, 0.3) is 0 Å². The Bertz CT molecular complexity index is 538. The van der Waals surface area contributed by atoms with Gasteiger partial charge in [-0.3, -0.25) is 0 Å². The number of nitrogen functional groups attached to an aromatic ring is 1. The largest absolute Gasteiger partial charge is 0.369 e. The molecule has 1 heterocycles. The second-order valence-corrected chi connectivity index (χ2v) is 5.52. The fourth-order valence-corrected chi connectivity index (χ4v) is 2.08. The van der Waals surface area contributed by atoms with Gasteiger partial charge in [0.2, 0.25) is 5.95 Å². The van der Waals surface area contributed by atoms with Crippen LogP contribution in [0.15, 0.2) is 18.2 Å². The number of fused-ring (bicyclic) bond motifs is 1. The van der Waals surface area contributed by atoms with E-state index in [0.29, 0.717) is 5.95 Å². The van der Waals surface area contributed by atoms with Crippen LogP contribution in [0, 0.1) is 12.3 Å². The molecule has 1 aromatic carbocycles. The number of aromatic nitrogens is 2. The topological polar surface area (TPSA) is 43.8 Å². The van der Waals surface area contributed by atoms with Gasteiger partial charge in [-0.25, -0.2) is 4.98 Å². The van der Waals surface area contributed by atoms with Crippen LogP contribution in [0.25, 0.3) is 11.0 Å². The van der Waals surface area contributed by atoms with Crippen LogP contribution < -0.4 is 5.73 Å². The van der Waals surface area contributed by atoms with Crippen molar-refractivity contribution in [3.63, 3.8) is 0 Å². The van der Waals surface area contributed by atoms with E-state index in [1.165, 1.54) is 11.1 Å². The lowest BCUT2D eigenvalue weighted by atomic mass is 9.90. The van der Waals surface area contributed by atoms with Crippen LogP contribution in [0.4, 0.5) is 5.95 Å². The van der Waals surface area contributed by atoms with Gasteiger partial charge in [-0.1, -0.05) is 32.9 Å². The molecule has 0 aliphatic carbocycles. The molecule has 3 nitrogen and oxygen atoms in total. The lowest BCUT2D eigenvalue weighted by Crippen LogP contribution is -2.20. The standard InChI is InChI=1S/C14H21N3/c1-5-14(3,4)9-17-12-10(2)7-6-8-11(12)16-13(17)15/h6-8H,5,9H2,1-4H3,(H2,15,16). The number of hydrogen-bond acceptors (Lipinski definition) is 2. The molecule has 0 amide bonds. The zero-order chi connectivity index (χ0) is 12.6. The van der Waals surface area contributed by atoms with E-state index >= 15 is 0 Å². The first-order valence-electron chi connectivity index (χ1n) is 6.16. The molecule has 2 N–H and O–H groups in total. The van der Waals surface area contributed by atoms with E-state index in [0.717, 1.165) is 18.5 Å². The van der Waals surface area contributed by atoms with Crippen molar-refractivity contribution in [2.24, 2.45) is 5.41 Å². The van der Waals surface area contributed by atoms with E-state index in [1.807, 2.05) is 12.1 Å². The summed E-state index contributed by atoms with van der Waals surface area (Å²) in [7, 11) is 0. The Balaban J connectivity index is 2.57. The Morgan fingerprint density at radius 2 is 2.06 bits per heavy atom. The summed E-state index contributed by atoms with van der Waals surface area (Å²) in [6.07, 6.45) is 1.12. The first-order valence-corrected chi connectivity index (χ1v) is 6.16. The van der Waals surface area contributed by atoms with Crippen LogP contribution >= 0.6 is 0 Å². The van der Waals surface area contributed by atoms with Gasteiger partial charge in [0.05, 0.1) is 11.0 Å². The van der Waals surface area contributed by atoms with Gasteiger partial charge < -0.3 is 10.3 Å². The smallest absolute Gasteiger partial charge is 0.201 e. The highest BCUT2D eigenvalue weighted by Crippen LogP contribution is 2.28. The quantitative estimate of drug-likeness (QED) is 0.880. The minimum Gasteiger partial charge on any atom is -0.369 e. The van der Waals surface area contributed by atoms with Crippen molar-refractivity contribution < 1.29 is 0 Å². The van der Waals surface area contributed by atoms with Crippen LogP contribution in [0.1, 0.15) is 32.8 Å². The molecule has 0 unspecified atom stereocenters. The highest BCUT2D eigenvalue weighted by Gasteiger charge is 2.19. The van der Waals surface area contributed by atoms with E-state index in [-0.39, 0.29) is 5.41 Å². The molecular weight excluding hydrogens is 210 g/mol. The predicted molar refractivity (Wildman–Crippen MR) is 73.0 cm³/mol. The molecule has 17 heavy (non-hydrogen) atoms. The molecule has 0 bridgehead atoms. The SMILES string of the molecule is CCC(C)(C)Cn1c(N)nc2cccc(C)c21. The Morgan fingerprint density at radius 3 is 2.71 bits per heavy atom. The first kappa shape index (κ1) is 12.0. The number of benzene rings is 1. The van der Waals surface area contributed by atoms with Gasteiger partial charge in [0.1, 0.15) is 0 Å². The van der Waals surface area contributed by atoms with Crippen molar-refractivity contribution in [2.75, 3.05) is 5.73 Å². The van der Waals surface area contributed by atoms with Crippen molar-refractivity contribution in [1.29, 1.82) is 0 Å². The Labute approximate surface area is 103 Å². The summed E-state index contributed by atoms with van der Waals surface area (Å²) in [5.41, 5.74) is 9.68. The maximum atomic E-state index is 6.04. The average molecular weight is 231 g/mol. The lowest BCUT2D eigenvalue weighted by molar-refractivity contribution is 0.300. The van der Waals surface area contributed by atoms with E-state index in [1.54, 1.807) is 0 Å². The predicted octanol–water partition coefficient (Wildman–Crippen LogP) is 3.36. The number of anilines is 1. The third-order valence-corrected chi connectivity index (χ3v) is 3.54. The Morgan fingerprint density at radius 1 is 1.35 bits per heavy atom. The highest BCUT2D eigenvalue weighted by molar-refractivity contribution is 5.81. The summed E-state index contributed by atoms with van der Waals surface area (Å²) in [6.45, 7) is 9.75. The minimum atomic E-state index is 0.240. The fourth-order valence-electron chi connectivity index (χ4n) is 2.08. The normalized spacial score (nSPS) is 12.2. The van der Waals surface area contributed by atoms with Crippen molar-refractivity contribution in [3.05, 3.63) is 23.8 Å². The van der Waals surface area contributed by atoms with Crippen molar-refractivity contribution in [1.82, 2.24) is 9.55 Å². The molecule has 1 aromatic heterocycles. The summed E-state index contributed by atoms with van der Waals surface area (Å²) in [4.78, 5) is 4.43. The highest BCUT2D eigenvalue weighted by atomic mass is 15.2. The summed E-state index contributed by atoms with van der Waals surface area (Å²) in [5.74, 6) is 0.621. The molecule has 2 rings (SSSR count). The van der Waals surface area contributed by atoms with Crippen LogP contribution in [0.5, 0.6) is 0 Å². The summed E-state index contributed by atoms with van der Waals surface area (Å²) >= 11 is 0. The second-order valence-electron chi connectivity index (χ2n) is 5.52. The van der Waals surface area contributed by atoms with Crippen molar-refractivity contribution in [2.45, 2.75) is 40.7 Å². The van der Waals surface area contributed by atoms with E-state index in [9.17, 15) is 0 Å². The molecule has 2 aromatic rings. The first-order chi connectivity index (χ1) is 7.94. The van der Waals surface area contributed by atoms with E-state index < -0.39 is 0 Å². The monoisotopic (exact) mass is 231 g/mol. The van der Waals surface area contributed by atoms with Gasteiger partial charge in [-0.15, -0.1) is 0 Å². The molecule has 0 saturated carbocycles. The number of aryl methyl sites for hydroxylation is 1. The summed E-state index contributed by atoms with van der Waals surface area (Å²) in [5, 5.41) is 0. The third kappa shape index (κ3) is 2.14. The summed E-state index contributed by atoms with van der Waals surface area (Å²) in [6, 6.07) is 6.16. The molecule has 0 atom stereocenters. The number of nitrogens with two attached hydrogens (primary N) is 1. The van der Waals surface area contributed by atoms with Crippen molar-refractivity contribution in [3.8, 4) is 0 Å². The van der Waals surface area contributed by atoms with Gasteiger partial charge in [0, 0.05) is 6.54 Å². The molecule has 0 spiro atoms. The van der Waals surface area contributed by atoms with Crippen LogP contribution in [-0.2, 0) is 6.54 Å². The lowest BCUT2D eigenvalue weighted by Gasteiger charge is -2.24. The molecular formula is C14H21N3. The number of imidazole rings is 1. The van der Waals surface area contributed by atoms with Gasteiger partial charge in [-0.05, 0) is 30.4 Å². The number of rotatable bonds is 3. The molecule has 0 saturated heterocycles. The van der Waals surface area contributed by atoms with Crippen LogP contribution in [0.2, 0.25) is 0 Å². The van der Waals surface area contributed by atoms with Crippen LogP contribution in [0.3, 0.4) is 0 Å². The Hall–Kier alpha value is -1.51. The molecule has 0 fully saturated rings. The van der Waals surface area contributed by atoms with Gasteiger partial charge >= 0.3 is 0 Å². The van der Waals surface area contributed by atoms with Crippen molar-refractivity contribution >= 4 is 17.0 Å². The molecule has 0 radical (unpaired) electrons. The maximum absolute atomic E-state index is 6.04. The third-order valence-electron chi connectivity index (χ3n) is 3.54. The summed E-state index contributed by atoms with van der Waals surface area (Å²) < 4.78 is 2.15. The molecule has 0 aliphatic heterocycles. The Kier molecular flexibility index (Phi) is 2.86. The minimum absolute atomic E-state index is 0.240. The molecule has 0 aliphatic rings. The number of nitrogens with zero attached hydrogens (tertiary/aromatic N) is 2. The van der Waals surface area contributed by atoms with Gasteiger partial charge in [-0.2, -0.15) is 0 Å². The molecule has 3 heteroatoms. The number of para-hydroxylation sites is 1. The fraction of sp³-hybridized carbons (Fsp3) is 0.500. The molecule has 92 valence electrons. The second kappa shape index (κ2) is 4.06. The maximum Gasteiger partial charge on any atom is 0.201 e. The average Bonchev–Trinajstić information content (AvgIpc) is 2.56. The zero-order valence-corrected chi connectivity index (χ0v) is 11.1. The van der Waals surface area contributed by atoms with E-state index in [2.05, 4.69) is 43.3 Å². The van der Waals surface area contributed by atoms with Crippen LogP contribution in [-0.4, -0.2) is 9.55 Å². The number of hydrogen-bond donors (Lipinski definition) is 1.